The molecule has 2 aromatic rings. The number of hydrogen-bond acceptors (Lipinski definition) is 2. The molecule has 0 amide bonds. The van der Waals surface area contributed by atoms with Crippen LogP contribution in [0.5, 0.6) is 0 Å². The van der Waals surface area contributed by atoms with E-state index in [4.69, 9.17) is 0 Å². The maximum atomic E-state index is 9.40. The summed E-state index contributed by atoms with van der Waals surface area (Å²) in [6.45, 7) is 8.36. The summed E-state index contributed by atoms with van der Waals surface area (Å²) in [7, 11) is 1.31. The largest absolute Gasteiger partial charge is 0.229 e. The molecular weight excluding hydrogens is 304 g/mol. The Bertz CT molecular complexity index is 490. The first kappa shape index (κ1) is 22.2. The van der Waals surface area contributed by atoms with Gasteiger partial charge in [-0.05, 0) is 10.8 Å². The van der Waals surface area contributed by atoms with Gasteiger partial charge in [0.15, 0.2) is 0 Å². The van der Waals surface area contributed by atoms with E-state index in [2.05, 4.69) is 73.1 Å². The summed E-state index contributed by atoms with van der Waals surface area (Å²) in [5, 5.41) is 2.62. The van der Waals surface area contributed by atoms with Gasteiger partial charge in [-0.2, -0.15) is 0 Å². The number of rotatable bonds is 1. The highest BCUT2D eigenvalue weighted by Gasteiger charge is 1.85. The Kier molecular flexibility index (Phi) is 14.7. The van der Waals surface area contributed by atoms with Crippen LogP contribution in [0.15, 0.2) is 48.5 Å². The predicted octanol–water partition coefficient (Wildman–Crippen LogP) is 5.86. The van der Waals surface area contributed by atoms with Crippen molar-refractivity contribution in [2.24, 2.45) is 0 Å². The van der Waals surface area contributed by atoms with Gasteiger partial charge < -0.3 is 0 Å². The van der Waals surface area contributed by atoms with Crippen LogP contribution in [0.4, 0.5) is 0 Å². The van der Waals surface area contributed by atoms with E-state index in [9.17, 15) is 8.42 Å². The highest BCUT2D eigenvalue weighted by molar-refractivity contribution is 8.13. The highest BCUT2D eigenvalue weighted by Crippen LogP contribution is 2.11. The van der Waals surface area contributed by atoms with Gasteiger partial charge in [0, 0.05) is 10.7 Å². The predicted molar refractivity (Wildman–Crippen MR) is 96.6 cm³/mol. The van der Waals surface area contributed by atoms with Gasteiger partial charge in [-0.1, -0.05) is 89.1 Å². The van der Waals surface area contributed by atoms with Crippen LogP contribution in [0.25, 0.3) is 10.8 Å². The van der Waals surface area contributed by atoms with Crippen molar-refractivity contribution in [1.29, 1.82) is 0 Å². The third-order valence-corrected chi connectivity index (χ3v) is 2.16. The molecule has 0 N–H and O–H groups in total. The summed E-state index contributed by atoms with van der Waals surface area (Å²) in [5.74, 6) is 0. The van der Waals surface area contributed by atoms with Gasteiger partial charge in [-0.3, -0.25) is 0 Å². The van der Waals surface area contributed by atoms with Gasteiger partial charge in [-0.15, -0.1) is 0 Å². The molecule has 0 aliphatic carbocycles. The topological polar surface area (TPSA) is 34.1 Å². The van der Waals surface area contributed by atoms with E-state index in [0.29, 0.717) is 0 Å². The Labute approximate surface area is 134 Å². The van der Waals surface area contributed by atoms with Crippen LogP contribution in [0.2, 0.25) is 0 Å². The minimum absolute atomic E-state index is 0.925. The van der Waals surface area contributed by atoms with Gasteiger partial charge in [0.2, 0.25) is 9.05 Å². The second-order valence-corrected chi connectivity index (χ2v) is 7.07. The Hall–Kier alpha value is -1.06. The number of fused-ring (bicyclic) bond motifs is 1. The lowest BCUT2D eigenvalue weighted by atomic mass is 10.1. The van der Waals surface area contributed by atoms with Crippen LogP contribution in [0.3, 0.4) is 0 Å². The molecule has 0 fully saturated rings. The lowest BCUT2D eigenvalue weighted by molar-refractivity contribution is 0.615. The van der Waals surface area contributed by atoms with Crippen molar-refractivity contribution < 1.29 is 8.42 Å². The molecule has 4 heteroatoms. The molecule has 2 aromatic carbocycles. The van der Waals surface area contributed by atoms with Gasteiger partial charge in [0.05, 0.1) is 6.26 Å². The first-order chi connectivity index (χ1) is 9.88. The summed E-state index contributed by atoms with van der Waals surface area (Å²) >= 11 is 0. The number of halogens is 1. The molecule has 0 heterocycles. The maximum absolute atomic E-state index is 9.40. The van der Waals surface area contributed by atoms with Crippen LogP contribution in [0.1, 0.15) is 40.5 Å². The average molecular weight is 331 g/mol. The van der Waals surface area contributed by atoms with Gasteiger partial charge in [0.1, 0.15) is 0 Å². The molecule has 2 nitrogen and oxygen atoms in total. The molecule has 0 radical (unpaired) electrons. The number of hydrogen-bond donors (Lipinski definition) is 0. The Morgan fingerprint density at radius 2 is 1.00 bits per heavy atom. The smallest absolute Gasteiger partial charge is 0.213 e. The molecule has 0 spiro atoms. The quantitative estimate of drug-likeness (QED) is 0.614. The first-order valence-corrected chi connectivity index (χ1v) is 9.93. The minimum atomic E-state index is -3.19. The monoisotopic (exact) mass is 330 g/mol. The van der Waals surface area contributed by atoms with E-state index in [1.165, 1.54) is 23.6 Å². The third-order valence-electron chi connectivity index (χ3n) is 2.16. The molecule has 0 saturated carbocycles. The van der Waals surface area contributed by atoms with E-state index in [1.807, 2.05) is 13.8 Å². The first-order valence-electron chi connectivity index (χ1n) is 7.21. The Morgan fingerprint density at radius 1 is 0.810 bits per heavy atom. The van der Waals surface area contributed by atoms with Crippen molar-refractivity contribution in [3.05, 3.63) is 48.5 Å². The van der Waals surface area contributed by atoms with Crippen molar-refractivity contribution >= 4 is 30.5 Å². The standard InChI is InChI=1S/C10H8.C4H10.C2H6.CH3ClO2S/c1-2-6-10-8-4-3-7-9(10)5-1;1-3-4-2;1-2;1-5(2,3)4/h1-8H;3-4H2,1-2H3;1-2H3;1H3. The van der Waals surface area contributed by atoms with Crippen LogP contribution in [0, 0.1) is 0 Å². The molecule has 0 unspecified atom stereocenters. The minimum Gasteiger partial charge on any atom is -0.213 e. The molecule has 0 aromatic heterocycles. The molecular formula is C17H27ClO2S. The lowest BCUT2D eigenvalue weighted by Crippen LogP contribution is -1.76. The molecule has 0 aliphatic heterocycles. The van der Waals surface area contributed by atoms with Crippen LogP contribution >= 0.6 is 10.7 Å². The highest BCUT2D eigenvalue weighted by atomic mass is 35.7. The van der Waals surface area contributed by atoms with E-state index in [-0.39, 0.29) is 0 Å². The van der Waals surface area contributed by atoms with Crippen molar-refractivity contribution in [3.8, 4) is 0 Å². The molecule has 21 heavy (non-hydrogen) atoms. The zero-order chi connectivity index (χ0) is 16.7. The SMILES string of the molecule is CC.CCCC.CS(=O)(=O)Cl.c1ccc2ccccc2c1. The molecule has 0 atom stereocenters. The fourth-order valence-corrected chi connectivity index (χ4v) is 1.13. The van der Waals surface area contributed by atoms with Crippen molar-refractivity contribution in [2.75, 3.05) is 6.26 Å². The van der Waals surface area contributed by atoms with E-state index < -0.39 is 9.05 Å². The second kappa shape index (κ2) is 13.9. The normalized spacial score (nSPS) is 9.24. The Morgan fingerprint density at radius 3 is 1.14 bits per heavy atom. The maximum Gasteiger partial charge on any atom is 0.229 e. The van der Waals surface area contributed by atoms with Gasteiger partial charge >= 0.3 is 0 Å². The van der Waals surface area contributed by atoms with E-state index >= 15 is 0 Å². The van der Waals surface area contributed by atoms with Crippen LogP contribution in [-0.4, -0.2) is 14.7 Å². The second-order valence-electron chi connectivity index (χ2n) is 4.03. The molecule has 0 bridgehead atoms. The van der Waals surface area contributed by atoms with Crippen molar-refractivity contribution in [3.63, 3.8) is 0 Å². The van der Waals surface area contributed by atoms with Crippen LogP contribution < -0.4 is 0 Å². The van der Waals surface area contributed by atoms with Crippen molar-refractivity contribution in [2.45, 2.75) is 40.5 Å². The summed E-state index contributed by atoms with van der Waals surface area (Å²) in [6.07, 6.45) is 3.56. The molecule has 2 rings (SSSR count). The van der Waals surface area contributed by atoms with Crippen LogP contribution in [-0.2, 0) is 9.05 Å². The summed E-state index contributed by atoms with van der Waals surface area (Å²) in [4.78, 5) is 0. The van der Waals surface area contributed by atoms with Gasteiger partial charge in [0.25, 0.3) is 0 Å². The zero-order valence-corrected chi connectivity index (χ0v) is 15.2. The zero-order valence-electron chi connectivity index (χ0n) is 13.6. The van der Waals surface area contributed by atoms with Gasteiger partial charge in [-0.25, -0.2) is 8.42 Å². The summed E-state index contributed by atoms with van der Waals surface area (Å²) in [5.41, 5.74) is 0. The summed E-state index contributed by atoms with van der Waals surface area (Å²) in [6, 6.07) is 16.7. The Balaban J connectivity index is 0. The van der Waals surface area contributed by atoms with Crippen molar-refractivity contribution in [1.82, 2.24) is 0 Å². The fourth-order valence-electron chi connectivity index (χ4n) is 1.13. The number of benzene rings is 2. The lowest BCUT2D eigenvalue weighted by Gasteiger charge is -1.92. The third kappa shape index (κ3) is 16.9. The average Bonchev–Trinajstić information content (AvgIpc) is 2.48. The molecule has 0 aliphatic rings. The molecule has 120 valence electrons. The summed E-state index contributed by atoms with van der Waals surface area (Å²) < 4.78 is 18.8. The van der Waals surface area contributed by atoms with E-state index in [0.717, 1.165) is 6.26 Å². The number of unbranched alkanes of at least 4 members (excludes halogenated alkanes) is 1. The fraction of sp³-hybridized carbons (Fsp3) is 0.412. The van der Waals surface area contributed by atoms with E-state index in [1.54, 1.807) is 0 Å². The molecule has 0 saturated heterocycles.